The maximum atomic E-state index is 13.1. The second kappa shape index (κ2) is 5.19. The van der Waals surface area contributed by atoms with Gasteiger partial charge in [0.1, 0.15) is 11.6 Å². The Bertz CT molecular complexity index is 844. The third-order valence-corrected chi connectivity index (χ3v) is 3.45. The molecule has 5 heteroatoms. The van der Waals surface area contributed by atoms with Crippen molar-refractivity contribution in [3.63, 3.8) is 0 Å². The molecule has 3 aromatic rings. The van der Waals surface area contributed by atoms with E-state index in [0.29, 0.717) is 11.4 Å². The van der Waals surface area contributed by atoms with Crippen molar-refractivity contribution in [3.05, 3.63) is 59.7 Å². The van der Waals surface area contributed by atoms with Crippen molar-refractivity contribution in [2.45, 2.75) is 12.3 Å². The fraction of sp³-hybridized carbons (Fsp3) is 0.125. The van der Waals surface area contributed by atoms with Crippen LogP contribution in [0.4, 0.5) is 4.39 Å². The van der Waals surface area contributed by atoms with Gasteiger partial charge >= 0.3 is 0 Å². The normalized spacial score (nSPS) is 12.3. The van der Waals surface area contributed by atoms with E-state index in [1.165, 1.54) is 12.1 Å². The first-order chi connectivity index (χ1) is 10.1. The quantitative estimate of drug-likeness (QED) is 0.661. The summed E-state index contributed by atoms with van der Waals surface area (Å²) in [7, 11) is 0. The smallest absolute Gasteiger partial charge is 0.132 e. The summed E-state index contributed by atoms with van der Waals surface area (Å²) in [4.78, 5) is 4.51. The lowest BCUT2D eigenvalue weighted by Gasteiger charge is -2.10. The zero-order valence-corrected chi connectivity index (χ0v) is 12.0. The number of rotatable bonds is 2. The molecule has 0 N–H and O–H groups in total. The minimum atomic E-state index is -0.312. The molecule has 0 saturated carbocycles. The van der Waals surface area contributed by atoms with Crippen LogP contribution in [0.15, 0.2) is 42.5 Å². The van der Waals surface area contributed by atoms with Gasteiger partial charge in [-0.3, -0.25) is 4.57 Å². The molecule has 3 nitrogen and oxygen atoms in total. The predicted octanol–water partition coefficient (Wildman–Crippen LogP) is 4.34. The van der Waals surface area contributed by atoms with E-state index in [-0.39, 0.29) is 11.2 Å². The molecule has 0 spiro atoms. The highest BCUT2D eigenvalue weighted by molar-refractivity contribution is 6.20. The Hall–Kier alpha value is -2.38. The van der Waals surface area contributed by atoms with E-state index in [9.17, 15) is 4.39 Å². The highest BCUT2D eigenvalue weighted by atomic mass is 35.5. The van der Waals surface area contributed by atoms with E-state index in [1.807, 2.05) is 11.5 Å². The lowest BCUT2D eigenvalue weighted by atomic mass is 10.2. The van der Waals surface area contributed by atoms with Gasteiger partial charge in [-0.15, -0.1) is 11.6 Å². The number of alkyl halides is 1. The Kier molecular flexibility index (Phi) is 3.36. The van der Waals surface area contributed by atoms with Crippen LogP contribution < -0.4 is 0 Å². The average molecular weight is 300 g/mol. The van der Waals surface area contributed by atoms with Crippen molar-refractivity contribution in [3.8, 4) is 11.8 Å². The van der Waals surface area contributed by atoms with Crippen LogP contribution in [-0.2, 0) is 0 Å². The number of nitriles is 1. The predicted molar refractivity (Wildman–Crippen MR) is 80.0 cm³/mol. The van der Waals surface area contributed by atoms with Crippen LogP contribution in [-0.4, -0.2) is 9.55 Å². The van der Waals surface area contributed by atoms with E-state index in [0.717, 1.165) is 16.7 Å². The van der Waals surface area contributed by atoms with Gasteiger partial charge in [0.2, 0.25) is 0 Å². The van der Waals surface area contributed by atoms with Crippen molar-refractivity contribution in [1.29, 1.82) is 5.26 Å². The fourth-order valence-electron chi connectivity index (χ4n) is 2.29. The van der Waals surface area contributed by atoms with Crippen molar-refractivity contribution < 1.29 is 4.39 Å². The lowest BCUT2D eigenvalue weighted by molar-refractivity contribution is 0.627. The molecular formula is C16H11ClFN3. The summed E-state index contributed by atoms with van der Waals surface area (Å²) in [5.41, 5.74) is 2.83. The van der Waals surface area contributed by atoms with Gasteiger partial charge in [0, 0.05) is 5.69 Å². The summed E-state index contributed by atoms with van der Waals surface area (Å²) in [6.07, 6.45) is 0. The fourth-order valence-corrected chi connectivity index (χ4v) is 2.44. The highest BCUT2D eigenvalue weighted by Gasteiger charge is 2.16. The number of hydrogen-bond donors (Lipinski definition) is 0. The first kappa shape index (κ1) is 13.6. The van der Waals surface area contributed by atoms with Crippen molar-refractivity contribution in [2.75, 3.05) is 0 Å². The van der Waals surface area contributed by atoms with Crippen LogP contribution in [0, 0.1) is 17.1 Å². The zero-order valence-electron chi connectivity index (χ0n) is 11.2. The van der Waals surface area contributed by atoms with Crippen LogP contribution in [0.1, 0.15) is 23.7 Å². The molecule has 0 radical (unpaired) electrons. The van der Waals surface area contributed by atoms with E-state index < -0.39 is 0 Å². The molecule has 1 aromatic heterocycles. The first-order valence-electron chi connectivity index (χ1n) is 6.42. The number of imidazole rings is 1. The van der Waals surface area contributed by atoms with Crippen molar-refractivity contribution in [2.24, 2.45) is 0 Å². The van der Waals surface area contributed by atoms with E-state index >= 15 is 0 Å². The molecule has 1 atom stereocenters. The number of fused-ring (bicyclic) bond motifs is 1. The highest BCUT2D eigenvalue weighted by Crippen LogP contribution is 2.28. The Morgan fingerprint density at radius 1 is 1.24 bits per heavy atom. The van der Waals surface area contributed by atoms with Crippen molar-refractivity contribution >= 4 is 22.6 Å². The minimum Gasteiger partial charge on any atom is -0.295 e. The third-order valence-electron chi connectivity index (χ3n) is 3.25. The lowest BCUT2D eigenvalue weighted by Crippen LogP contribution is -2.02. The summed E-state index contributed by atoms with van der Waals surface area (Å²) < 4.78 is 15.0. The monoisotopic (exact) mass is 299 g/mol. The second-order valence-electron chi connectivity index (χ2n) is 4.71. The summed E-state index contributed by atoms with van der Waals surface area (Å²) in [6.45, 7) is 1.83. The number of hydrogen-bond acceptors (Lipinski definition) is 2. The van der Waals surface area contributed by atoms with E-state index in [1.54, 1.807) is 30.3 Å². The zero-order chi connectivity index (χ0) is 15.0. The molecule has 1 unspecified atom stereocenters. The van der Waals surface area contributed by atoms with Gasteiger partial charge < -0.3 is 0 Å². The Labute approximate surface area is 126 Å². The van der Waals surface area contributed by atoms with Crippen molar-refractivity contribution in [1.82, 2.24) is 9.55 Å². The van der Waals surface area contributed by atoms with Crippen LogP contribution in [0.2, 0.25) is 0 Å². The number of benzene rings is 2. The first-order valence-corrected chi connectivity index (χ1v) is 6.86. The van der Waals surface area contributed by atoms with Gasteiger partial charge in [0.15, 0.2) is 0 Å². The van der Waals surface area contributed by atoms with Gasteiger partial charge in [0.05, 0.1) is 28.0 Å². The summed E-state index contributed by atoms with van der Waals surface area (Å²) >= 11 is 6.21. The SMILES string of the molecule is CC(Cl)c1nc2ccc(C#N)cc2n1-c1ccc(F)cc1. The number of nitrogens with zero attached hydrogens (tertiary/aromatic N) is 3. The van der Waals surface area contributed by atoms with Gasteiger partial charge in [-0.05, 0) is 49.4 Å². The Morgan fingerprint density at radius 2 is 1.95 bits per heavy atom. The van der Waals surface area contributed by atoms with Gasteiger partial charge in [-0.25, -0.2) is 9.37 Å². The topological polar surface area (TPSA) is 41.6 Å². The minimum absolute atomic E-state index is 0.304. The molecule has 0 aliphatic carbocycles. The molecule has 0 aliphatic rings. The summed E-state index contributed by atoms with van der Waals surface area (Å²) in [5.74, 6) is 0.356. The van der Waals surface area contributed by atoms with E-state index in [2.05, 4.69) is 11.1 Å². The summed E-state index contributed by atoms with van der Waals surface area (Å²) in [6, 6.07) is 13.5. The van der Waals surface area contributed by atoms with Gasteiger partial charge in [0.25, 0.3) is 0 Å². The van der Waals surface area contributed by atoms with Gasteiger partial charge in [-0.2, -0.15) is 5.26 Å². The number of aromatic nitrogens is 2. The second-order valence-corrected chi connectivity index (χ2v) is 5.37. The van der Waals surface area contributed by atoms with Crippen LogP contribution in [0.3, 0.4) is 0 Å². The Morgan fingerprint density at radius 3 is 2.57 bits per heavy atom. The molecule has 0 amide bonds. The maximum Gasteiger partial charge on any atom is 0.132 e. The Balaban J connectivity index is 2.34. The van der Waals surface area contributed by atoms with Crippen LogP contribution in [0.25, 0.3) is 16.7 Å². The maximum absolute atomic E-state index is 13.1. The van der Waals surface area contributed by atoms with E-state index in [4.69, 9.17) is 16.9 Å². The molecule has 21 heavy (non-hydrogen) atoms. The molecule has 104 valence electrons. The molecular weight excluding hydrogens is 289 g/mol. The summed E-state index contributed by atoms with van der Waals surface area (Å²) in [5, 5.41) is 8.74. The third kappa shape index (κ3) is 2.37. The van der Waals surface area contributed by atoms with Crippen LogP contribution in [0.5, 0.6) is 0 Å². The molecule has 1 heterocycles. The molecule has 2 aromatic carbocycles. The van der Waals surface area contributed by atoms with Gasteiger partial charge in [-0.1, -0.05) is 0 Å². The molecule has 0 aliphatic heterocycles. The largest absolute Gasteiger partial charge is 0.295 e. The van der Waals surface area contributed by atoms with Crippen LogP contribution >= 0.6 is 11.6 Å². The average Bonchev–Trinajstić information content (AvgIpc) is 2.86. The molecule has 0 bridgehead atoms. The molecule has 3 rings (SSSR count). The molecule has 0 fully saturated rings. The number of halogens is 2. The molecule has 0 saturated heterocycles. The standard InChI is InChI=1S/C16H11ClFN3/c1-10(17)16-20-14-7-2-11(9-19)8-15(14)21(16)13-5-3-12(18)4-6-13/h2-8,10H,1H3.